The van der Waals surface area contributed by atoms with Crippen molar-refractivity contribution in [2.24, 2.45) is 5.92 Å². The van der Waals surface area contributed by atoms with Gasteiger partial charge in [-0.15, -0.1) is 0 Å². The summed E-state index contributed by atoms with van der Waals surface area (Å²) in [5.74, 6) is 0.130. The van der Waals surface area contributed by atoms with Crippen molar-refractivity contribution >= 4 is 21.6 Å². The zero-order valence-corrected chi connectivity index (χ0v) is 20.0. The quantitative estimate of drug-likeness (QED) is 0.496. The molecule has 170 valence electrons. The molecular weight excluding hydrogens is 408 g/mol. The number of anilines is 1. The van der Waals surface area contributed by atoms with Crippen LogP contribution in [0.2, 0.25) is 0 Å². The molecule has 2 aromatic carbocycles. The number of benzene rings is 2. The van der Waals surface area contributed by atoms with Crippen LogP contribution in [0, 0.1) is 12.8 Å². The maximum Gasteiger partial charge on any atom is 0.264 e. The highest BCUT2D eigenvalue weighted by atomic mass is 32.2. The van der Waals surface area contributed by atoms with Crippen LogP contribution in [0.1, 0.15) is 57.6 Å². The van der Waals surface area contributed by atoms with Crippen LogP contribution in [0.4, 0.5) is 5.69 Å². The summed E-state index contributed by atoms with van der Waals surface area (Å²) in [5.41, 5.74) is 2.43. The van der Waals surface area contributed by atoms with Gasteiger partial charge in [0.2, 0.25) is 5.91 Å². The largest absolute Gasteiger partial charge is 0.354 e. The van der Waals surface area contributed by atoms with E-state index in [-0.39, 0.29) is 17.3 Å². The lowest BCUT2D eigenvalue weighted by Gasteiger charge is -2.26. The number of carbonyl (C=O) groups is 1. The Bertz CT molecular complexity index is 939. The number of hydrogen-bond donors (Lipinski definition) is 1. The highest BCUT2D eigenvalue weighted by molar-refractivity contribution is 7.92. The van der Waals surface area contributed by atoms with Gasteiger partial charge in [-0.2, -0.15) is 0 Å². The van der Waals surface area contributed by atoms with Crippen LogP contribution in [0.3, 0.4) is 0 Å². The van der Waals surface area contributed by atoms with Crippen molar-refractivity contribution in [2.45, 2.75) is 64.7 Å². The number of nitrogens with zero attached hydrogens (tertiary/aromatic N) is 1. The van der Waals surface area contributed by atoms with E-state index in [1.165, 1.54) is 4.31 Å². The molecule has 2 rings (SSSR count). The van der Waals surface area contributed by atoms with Crippen LogP contribution in [0.25, 0.3) is 0 Å². The van der Waals surface area contributed by atoms with Gasteiger partial charge in [0.25, 0.3) is 10.0 Å². The summed E-state index contributed by atoms with van der Waals surface area (Å²) in [5, 5.41) is 2.97. The van der Waals surface area contributed by atoms with Gasteiger partial charge in [0, 0.05) is 6.54 Å². The highest BCUT2D eigenvalue weighted by Crippen LogP contribution is 2.27. The molecule has 0 aliphatic heterocycles. The Morgan fingerprint density at radius 3 is 2.32 bits per heavy atom. The number of hydrogen-bond acceptors (Lipinski definition) is 3. The zero-order chi connectivity index (χ0) is 22.9. The third-order valence-corrected chi connectivity index (χ3v) is 7.44. The molecule has 5 nitrogen and oxygen atoms in total. The molecule has 0 radical (unpaired) electrons. The minimum Gasteiger partial charge on any atom is -0.354 e. The van der Waals surface area contributed by atoms with Gasteiger partial charge < -0.3 is 5.32 Å². The van der Waals surface area contributed by atoms with Gasteiger partial charge in [0.1, 0.15) is 6.54 Å². The van der Waals surface area contributed by atoms with Gasteiger partial charge in [-0.3, -0.25) is 9.10 Å². The predicted molar refractivity (Wildman–Crippen MR) is 128 cm³/mol. The highest BCUT2D eigenvalue weighted by Gasteiger charge is 2.28. The lowest BCUT2D eigenvalue weighted by molar-refractivity contribution is -0.119. The summed E-state index contributed by atoms with van der Waals surface area (Å²) in [6.45, 7) is 8.51. The molecule has 0 unspecified atom stereocenters. The molecule has 0 bridgehead atoms. The minimum atomic E-state index is -3.88. The van der Waals surface area contributed by atoms with E-state index in [9.17, 15) is 13.2 Å². The molecule has 0 aliphatic carbocycles. The summed E-state index contributed by atoms with van der Waals surface area (Å²) in [7, 11) is -3.88. The average Bonchev–Trinajstić information content (AvgIpc) is 2.77. The first-order valence-corrected chi connectivity index (χ1v) is 12.7. The normalized spacial score (nSPS) is 12.4. The SMILES string of the molecule is CCCC[C@@H](CC)CNC(=O)CN(c1ccccc1CC)S(=O)(=O)c1ccc(C)cc1. The zero-order valence-electron chi connectivity index (χ0n) is 19.2. The van der Waals surface area contributed by atoms with E-state index < -0.39 is 10.0 Å². The Kier molecular flexibility index (Phi) is 9.56. The molecule has 0 spiro atoms. The van der Waals surface area contributed by atoms with Gasteiger partial charge in [-0.1, -0.05) is 75.9 Å². The summed E-state index contributed by atoms with van der Waals surface area (Å²) in [6, 6.07) is 14.1. The molecular formula is C25H36N2O3S. The first-order chi connectivity index (χ1) is 14.8. The molecule has 0 fully saturated rings. The predicted octanol–water partition coefficient (Wildman–Crippen LogP) is 5.09. The Morgan fingerprint density at radius 1 is 1.03 bits per heavy atom. The van der Waals surface area contributed by atoms with E-state index in [1.54, 1.807) is 30.3 Å². The lowest BCUT2D eigenvalue weighted by Crippen LogP contribution is -2.42. The summed E-state index contributed by atoms with van der Waals surface area (Å²) in [6.07, 6.45) is 4.99. The van der Waals surface area contributed by atoms with Crippen LogP contribution in [-0.2, 0) is 21.2 Å². The number of unbranched alkanes of at least 4 members (excludes halogenated alkanes) is 1. The smallest absolute Gasteiger partial charge is 0.264 e. The number of aryl methyl sites for hydroxylation is 2. The number of carbonyl (C=O) groups excluding carboxylic acids is 1. The molecule has 1 amide bonds. The Labute approximate surface area is 187 Å². The van der Waals surface area contributed by atoms with Crippen LogP contribution in [-0.4, -0.2) is 27.4 Å². The number of rotatable bonds is 12. The Balaban J connectivity index is 2.30. The van der Waals surface area contributed by atoms with Crippen molar-refractivity contribution in [1.29, 1.82) is 0 Å². The Morgan fingerprint density at radius 2 is 1.71 bits per heavy atom. The molecule has 0 aliphatic rings. The van der Waals surface area contributed by atoms with Gasteiger partial charge in [0.05, 0.1) is 10.6 Å². The van der Waals surface area contributed by atoms with Crippen molar-refractivity contribution in [1.82, 2.24) is 5.32 Å². The topological polar surface area (TPSA) is 66.5 Å². The second kappa shape index (κ2) is 11.9. The molecule has 0 heterocycles. The fourth-order valence-electron chi connectivity index (χ4n) is 3.58. The molecule has 0 saturated heterocycles. The third-order valence-electron chi connectivity index (χ3n) is 5.67. The van der Waals surface area contributed by atoms with Gasteiger partial charge in [-0.25, -0.2) is 8.42 Å². The van der Waals surface area contributed by atoms with E-state index in [4.69, 9.17) is 0 Å². The fraction of sp³-hybridized carbons (Fsp3) is 0.480. The van der Waals surface area contributed by atoms with E-state index >= 15 is 0 Å². The van der Waals surface area contributed by atoms with Crippen molar-refractivity contribution < 1.29 is 13.2 Å². The standard InChI is InChI=1S/C25H36N2O3S/c1-5-8-11-21(6-2)18-26-25(28)19-27(24-13-10-9-12-22(24)7-3)31(29,30)23-16-14-20(4)15-17-23/h9-10,12-17,21H,5-8,11,18-19H2,1-4H3,(H,26,28)/t21-/m1/s1. The summed E-state index contributed by atoms with van der Waals surface area (Å²) >= 11 is 0. The van der Waals surface area contributed by atoms with Gasteiger partial charge in [0.15, 0.2) is 0 Å². The lowest BCUT2D eigenvalue weighted by atomic mass is 9.99. The van der Waals surface area contributed by atoms with Crippen molar-refractivity contribution in [3.63, 3.8) is 0 Å². The van der Waals surface area contributed by atoms with Crippen LogP contribution in [0.15, 0.2) is 53.4 Å². The van der Waals surface area contributed by atoms with E-state index in [1.807, 2.05) is 32.0 Å². The molecule has 1 atom stereocenters. The summed E-state index contributed by atoms with van der Waals surface area (Å²) < 4.78 is 28.3. The number of nitrogens with one attached hydrogen (secondary N) is 1. The van der Waals surface area contributed by atoms with E-state index in [0.29, 0.717) is 24.6 Å². The van der Waals surface area contributed by atoms with Crippen LogP contribution < -0.4 is 9.62 Å². The van der Waals surface area contributed by atoms with Crippen molar-refractivity contribution in [2.75, 3.05) is 17.4 Å². The molecule has 0 saturated carbocycles. The van der Waals surface area contributed by atoms with Crippen molar-refractivity contribution in [3.05, 3.63) is 59.7 Å². The molecule has 6 heteroatoms. The molecule has 31 heavy (non-hydrogen) atoms. The average molecular weight is 445 g/mol. The van der Waals surface area contributed by atoms with Gasteiger partial charge in [-0.05, 0) is 49.4 Å². The van der Waals surface area contributed by atoms with Crippen LogP contribution in [0.5, 0.6) is 0 Å². The monoisotopic (exact) mass is 444 g/mol. The molecule has 2 aromatic rings. The van der Waals surface area contributed by atoms with Gasteiger partial charge >= 0.3 is 0 Å². The molecule has 0 aromatic heterocycles. The van der Waals surface area contributed by atoms with Crippen molar-refractivity contribution in [3.8, 4) is 0 Å². The second-order valence-electron chi connectivity index (χ2n) is 8.03. The number of amides is 1. The third kappa shape index (κ3) is 6.82. The number of para-hydroxylation sites is 1. The van der Waals surface area contributed by atoms with E-state index in [2.05, 4.69) is 19.2 Å². The molecule has 1 N–H and O–H groups in total. The first kappa shape index (κ1) is 24.9. The minimum absolute atomic E-state index is 0.186. The maximum atomic E-state index is 13.5. The summed E-state index contributed by atoms with van der Waals surface area (Å²) in [4.78, 5) is 13.0. The Hall–Kier alpha value is -2.34. The first-order valence-electron chi connectivity index (χ1n) is 11.3. The number of sulfonamides is 1. The van der Waals surface area contributed by atoms with Crippen LogP contribution >= 0.6 is 0 Å². The second-order valence-corrected chi connectivity index (χ2v) is 9.89. The fourth-order valence-corrected chi connectivity index (χ4v) is 5.04. The maximum absolute atomic E-state index is 13.5. The van der Waals surface area contributed by atoms with E-state index in [0.717, 1.165) is 36.8 Å².